The first kappa shape index (κ1) is 14.2. The van der Waals surface area contributed by atoms with Crippen molar-refractivity contribution in [1.82, 2.24) is 15.6 Å². The van der Waals surface area contributed by atoms with E-state index in [1.165, 1.54) is 12.3 Å². The standard InChI is InChI=1S/C11H15ClN4O2/c1-6(2)16-9(17)5-15-11(18)8-3-7(13)4-14-10(8)12/h3-4,6H,5,13H2,1-2H3,(H,15,18)(H,16,17). The van der Waals surface area contributed by atoms with E-state index in [2.05, 4.69) is 15.6 Å². The Kier molecular flexibility index (Phi) is 4.91. The van der Waals surface area contributed by atoms with Crippen molar-refractivity contribution < 1.29 is 9.59 Å². The van der Waals surface area contributed by atoms with Crippen LogP contribution >= 0.6 is 11.6 Å². The zero-order valence-corrected chi connectivity index (χ0v) is 10.9. The minimum absolute atomic E-state index is 0.0204. The fourth-order valence-electron chi connectivity index (χ4n) is 1.25. The predicted molar refractivity (Wildman–Crippen MR) is 69.3 cm³/mol. The van der Waals surface area contributed by atoms with Gasteiger partial charge in [-0.25, -0.2) is 4.98 Å². The van der Waals surface area contributed by atoms with Gasteiger partial charge in [0.25, 0.3) is 5.91 Å². The minimum atomic E-state index is -0.487. The summed E-state index contributed by atoms with van der Waals surface area (Å²) < 4.78 is 0. The maximum atomic E-state index is 11.7. The number of hydrogen-bond acceptors (Lipinski definition) is 4. The first-order valence-electron chi connectivity index (χ1n) is 5.38. The SMILES string of the molecule is CC(C)NC(=O)CNC(=O)c1cc(N)cnc1Cl. The van der Waals surface area contributed by atoms with E-state index in [0.29, 0.717) is 5.69 Å². The van der Waals surface area contributed by atoms with Gasteiger partial charge < -0.3 is 16.4 Å². The Bertz CT molecular complexity index is 462. The van der Waals surface area contributed by atoms with E-state index in [1.54, 1.807) is 0 Å². The zero-order chi connectivity index (χ0) is 13.7. The molecule has 0 aromatic carbocycles. The third kappa shape index (κ3) is 4.21. The topological polar surface area (TPSA) is 97.1 Å². The molecule has 0 aliphatic carbocycles. The molecule has 0 aliphatic rings. The fraction of sp³-hybridized carbons (Fsp3) is 0.364. The largest absolute Gasteiger partial charge is 0.397 e. The van der Waals surface area contributed by atoms with E-state index in [9.17, 15) is 9.59 Å². The molecule has 1 heterocycles. The van der Waals surface area contributed by atoms with Gasteiger partial charge in [-0.3, -0.25) is 9.59 Å². The predicted octanol–water partition coefficient (Wildman–Crippen LogP) is 0.572. The molecule has 0 radical (unpaired) electrons. The van der Waals surface area contributed by atoms with Crippen molar-refractivity contribution in [2.75, 3.05) is 12.3 Å². The maximum Gasteiger partial charge on any atom is 0.254 e. The molecule has 0 spiro atoms. The number of rotatable bonds is 4. The summed E-state index contributed by atoms with van der Waals surface area (Å²) in [4.78, 5) is 26.8. The average Bonchev–Trinajstić information content (AvgIpc) is 2.28. The van der Waals surface area contributed by atoms with E-state index in [4.69, 9.17) is 17.3 Å². The molecular weight excluding hydrogens is 256 g/mol. The van der Waals surface area contributed by atoms with E-state index in [-0.39, 0.29) is 29.2 Å². The summed E-state index contributed by atoms with van der Waals surface area (Å²) >= 11 is 5.76. The summed E-state index contributed by atoms with van der Waals surface area (Å²) in [5.74, 6) is -0.759. The number of anilines is 1. The number of carbonyl (C=O) groups excluding carboxylic acids is 2. The van der Waals surface area contributed by atoms with Gasteiger partial charge in [-0.1, -0.05) is 11.6 Å². The molecule has 0 bridgehead atoms. The number of nitrogen functional groups attached to an aromatic ring is 1. The van der Waals surface area contributed by atoms with Crippen molar-refractivity contribution in [1.29, 1.82) is 0 Å². The summed E-state index contributed by atoms with van der Waals surface area (Å²) in [5.41, 5.74) is 5.98. The number of carbonyl (C=O) groups is 2. The van der Waals surface area contributed by atoms with Crippen LogP contribution < -0.4 is 16.4 Å². The van der Waals surface area contributed by atoms with Crippen molar-refractivity contribution in [2.24, 2.45) is 0 Å². The van der Waals surface area contributed by atoms with Crippen molar-refractivity contribution in [3.63, 3.8) is 0 Å². The van der Waals surface area contributed by atoms with Crippen LogP contribution in [0.3, 0.4) is 0 Å². The minimum Gasteiger partial charge on any atom is -0.397 e. The lowest BCUT2D eigenvalue weighted by molar-refractivity contribution is -0.120. The van der Waals surface area contributed by atoms with Crippen LogP contribution in [0, 0.1) is 0 Å². The van der Waals surface area contributed by atoms with Crippen LogP contribution in [0.4, 0.5) is 5.69 Å². The molecule has 98 valence electrons. The van der Waals surface area contributed by atoms with Gasteiger partial charge in [-0.15, -0.1) is 0 Å². The molecule has 4 N–H and O–H groups in total. The lowest BCUT2D eigenvalue weighted by atomic mass is 10.2. The molecule has 0 fully saturated rings. The van der Waals surface area contributed by atoms with Crippen LogP contribution in [-0.4, -0.2) is 29.4 Å². The Balaban J connectivity index is 2.60. The van der Waals surface area contributed by atoms with Crippen LogP contribution in [0.25, 0.3) is 0 Å². The first-order chi connectivity index (χ1) is 8.40. The average molecular weight is 271 g/mol. The van der Waals surface area contributed by atoms with E-state index in [0.717, 1.165) is 0 Å². The van der Waals surface area contributed by atoms with Crippen molar-refractivity contribution in [3.8, 4) is 0 Å². The Labute approximate surface area is 110 Å². The second-order valence-electron chi connectivity index (χ2n) is 4.01. The van der Waals surface area contributed by atoms with Crippen LogP contribution in [0.1, 0.15) is 24.2 Å². The number of nitrogens with two attached hydrogens (primary N) is 1. The van der Waals surface area contributed by atoms with Gasteiger partial charge in [0, 0.05) is 6.04 Å². The van der Waals surface area contributed by atoms with Gasteiger partial charge in [-0.05, 0) is 19.9 Å². The summed E-state index contributed by atoms with van der Waals surface area (Å²) in [6.45, 7) is 3.54. The maximum absolute atomic E-state index is 11.7. The Morgan fingerprint density at radius 3 is 2.78 bits per heavy atom. The third-order valence-electron chi connectivity index (χ3n) is 1.96. The van der Waals surface area contributed by atoms with Gasteiger partial charge in [0.15, 0.2) is 0 Å². The van der Waals surface area contributed by atoms with Gasteiger partial charge >= 0.3 is 0 Å². The van der Waals surface area contributed by atoms with E-state index < -0.39 is 5.91 Å². The number of hydrogen-bond donors (Lipinski definition) is 3. The van der Waals surface area contributed by atoms with Crippen molar-refractivity contribution in [2.45, 2.75) is 19.9 Å². The van der Waals surface area contributed by atoms with Crippen LogP contribution in [-0.2, 0) is 4.79 Å². The highest BCUT2D eigenvalue weighted by atomic mass is 35.5. The summed E-state index contributed by atoms with van der Waals surface area (Å²) in [6, 6.07) is 1.43. The highest BCUT2D eigenvalue weighted by molar-refractivity contribution is 6.32. The monoisotopic (exact) mass is 270 g/mol. The molecule has 1 aromatic rings. The highest BCUT2D eigenvalue weighted by Gasteiger charge is 2.13. The van der Waals surface area contributed by atoms with Crippen LogP contribution in [0.5, 0.6) is 0 Å². The molecule has 1 aromatic heterocycles. The second-order valence-corrected chi connectivity index (χ2v) is 4.37. The number of aromatic nitrogens is 1. The van der Waals surface area contributed by atoms with E-state index in [1.807, 2.05) is 13.8 Å². The quantitative estimate of drug-likeness (QED) is 0.697. The molecule has 2 amide bonds. The molecule has 0 saturated carbocycles. The molecule has 6 nitrogen and oxygen atoms in total. The van der Waals surface area contributed by atoms with Crippen LogP contribution in [0.15, 0.2) is 12.3 Å². The number of halogens is 1. The number of pyridine rings is 1. The normalized spacial score (nSPS) is 10.2. The molecule has 0 unspecified atom stereocenters. The van der Waals surface area contributed by atoms with Gasteiger partial charge in [0.2, 0.25) is 5.91 Å². The van der Waals surface area contributed by atoms with Gasteiger partial charge in [-0.2, -0.15) is 0 Å². The fourth-order valence-corrected chi connectivity index (χ4v) is 1.44. The van der Waals surface area contributed by atoms with Gasteiger partial charge in [0.05, 0.1) is 24.0 Å². The van der Waals surface area contributed by atoms with E-state index >= 15 is 0 Å². The smallest absolute Gasteiger partial charge is 0.254 e. The molecule has 0 atom stereocenters. The first-order valence-corrected chi connectivity index (χ1v) is 5.76. The Hall–Kier alpha value is -1.82. The zero-order valence-electron chi connectivity index (χ0n) is 10.2. The molecule has 7 heteroatoms. The Morgan fingerprint density at radius 1 is 1.50 bits per heavy atom. The molecule has 18 heavy (non-hydrogen) atoms. The number of nitrogens with zero attached hydrogens (tertiary/aromatic N) is 1. The summed E-state index contributed by atoms with van der Waals surface area (Å²) in [6.07, 6.45) is 1.35. The molecule has 0 saturated heterocycles. The molecule has 1 rings (SSSR count). The summed E-state index contributed by atoms with van der Waals surface area (Å²) in [7, 11) is 0. The van der Waals surface area contributed by atoms with Gasteiger partial charge in [0.1, 0.15) is 5.15 Å². The summed E-state index contributed by atoms with van der Waals surface area (Å²) in [5, 5.41) is 5.14. The number of amides is 2. The van der Waals surface area contributed by atoms with Crippen LogP contribution in [0.2, 0.25) is 5.15 Å². The van der Waals surface area contributed by atoms with Crippen molar-refractivity contribution >= 4 is 29.1 Å². The third-order valence-corrected chi connectivity index (χ3v) is 2.27. The lowest BCUT2D eigenvalue weighted by Crippen LogP contribution is -2.39. The highest BCUT2D eigenvalue weighted by Crippen LogP contribution is 2.14. The lowest BCUT2D eigenvalue weighted by Gasteiger charge is -2.09. The Morgan fingerprint density at radius 2 is 2.17 bits per heavy atom. The number of nitrogens with one attached hydrogen (secondary N) is 2. The second kappa shape index (κ2) is 6.20. The molecule has 0 aliphatic heterocycles. The molecular formula is C11H15ClN4O2. The van der Waals surface area contributed by atoms with Crippen molar-refractivity contribution in [3.05, 3.63) is 23.0 Å².